The number of amides is 1. The molecule has 0 bridgehead atoms. The van der Waals surface area contributed by atoms with Crippen LogP contribution in [-0.4, -0.2) is 24.5 Å². The first-order chi connectivity index (χ1) is 5.43. The van der Waals surface area contributed by atoms with Gasteiger partial charge in [0.25, 0.3) is 5.91 Å². The number of alkyl halides is 4. The molecule has 0 spiro atoms. The average Bonchev–Trinajstić information content (AvgIpc) is 1.92. The van der Waals surface area contributed by atoms with Crippen LogP contribution in [0.3, 0.4) is 0 Å². The Morgan fingerprint density at radius 1 is 1.42 bits per heavy atom. The molecule has 6 heteroatoms. The second-order valence-corrected chi connectivity index (χ2v) is 2.10. The third-order valence-corrected chi connectivity index (χ3v) is 1.27. The highest BCUT2D eigenvalue weighted by molar-refractivity contribution is 5.97. The highest BCUT2D eigenvalue weighted by atomic mass is 19.4. The molecular weight excluding hydrogens is 178 g/mol. The molecule has 12 heavy (non-hydrogen) atoms. The maximum absolute atomic E-state index is 12.5. The van der Waals surface area contributed by atoms with Crippen molar-refractivity contribution in [1.29, 1.82) is 0 Å². The maximum atomic E-state index is 12.5. The van der Waals surface area contributed by atoms with Crippen molar-refractivity contribution in [2.24, 2.45) is 4.99 Å². The van der Waals surface area contributed by atoms with E-state index in [9.17, 15) is 22.4 Å². The second-order valence-electron chi connectivity index (χ2n) is 2.10. The number of hydrogen-bond acceptors (Lipinski definition) is 1. The summed E-state index contributed by atoms with van der Waals surface area (Å²) in [4.78, 5) is 13.2. The zero-order valence-corrected chi connectivity index (χ0v) is 5.60. The van der Waals surface area contributed by atoms with Crippen molar-refractivity contribution in [2.75, 3.05) is 0 Å². The molecule has 1 aliphatic rings. The van der Waals surface area contributed by atoms with Gasteiger partial charge in [0, 0.05) is 6.21 Å². The van der Waals surface area contributed by atoms with Gasteiger partial charge in [0.15, 0.2) is 0 Å². The second kappa shape index (κ2) is 2.69. The predicted molar refractivity (Wildman–Crippen MR) is 32.5 cm³/mol. The fourth-order valence-corrected chi connectivity index (χ4v) is 0.712. The highest BCUT2D eigenvalue weighted by Crippen LogP contribution is 2.30. The van der Waals surface area contributed by atoms with Crippen LogP contribution in [0.2, 0.25) is 0 Å². The predicted octanol–water partition coefficient (Wildman–Crippen LogP) is 1.42. The van der Waals surface area contributed by atoms with Crippen LogP contribution in [0.15, 0.2) is 16.6 Å². The Hall–Kier alpha value is -1.20. The van der Waals surface area contributed by atoms with E-state index in [0.717, 1.165) is 0 Å². The minimum Gasteiger partial charge on any atom is -0.269 e. The summed E-state index contributed by atoms with van der Waals surface area (Å²) < 4.78 is 48.0. The molecule has 1 rings (SSSR count). The molecule has 1 amide bonds. The van der Waals surface area contributed by atoms with Gasteiger partial charge >= 0.3 is 6.18 Å². The molecule has 0 fully saturated rings. The summed E-state index contributed by atoms with van der Waals surface area (Å²) in [5, 5.41) is 0. The van der Waals surface area contributed by atoms with Crippen molar-refractivity contribution < 1.29 is 22.4 Å². The van der Waals surface area contributed by atoms with Gasteiger partial charge in [-0.2, -0.15) is 13.2 Å². The minimum atomic E-state index is -4.80. The normalized spacial score (nSPS) is 24.2. The number of carbonyl (C=O) groups excluding carboxylic acids is 1. The minimum absolute atomic E-state index is 0.450. The quantitative estimate of drug-likeness (QED) is 0.519. The van der Waals surface area contributed by atoms with E-state index in [-0.39, 0.29) is 0 Å². The Morgan fingerprint density at radius 3 is 2.42 bits per heavy atom. The van der Waals surface area contributed by atoms with Crippen LogP contribution in [-0.2, 0) is 4.79 Å². The standard InChI is InChI=1S/C6H3F4NO/c7-4-3(6(8,9)10)1-2-11-5(4)12/h1-2,4H. The van der Waals surface area contributed by atoms with E-state index in [0.29, 0.717) is 12.3 Å². The number of carbonyl (C=O) groups is 1. The van der Waals surface area contributed by atoms with Crippen LogP contribution in [0, 0.1) is 0 Å². The van der Waals surface area contributed by atoms with Gasteiger partial charge in [-0.25, -0.2) is 9.38 Å². The molecule has 2 nitrogen and oxygen atoms in total. The zero-order valence-electron chi connectivity index (χ0n) is 5.60. The number of aliphatic imine (C=N–C) groups is 1. The Bertz CT molecular complexity index is 265. The van der Waals surface area contributed by atoms with Crippen molar-refractivity contribution in [3.05, 3.63) is 11.6 Å². The molecule has 66 valence electrons. The van der Waals surface area contributed by atoms with E-state index in [1.807, 2.05) is 0 Å². The van der Waals surface area contributed by atoms with Crippen molar-refractivity contribution >= 4 is 12.1 Å². The monoisotopic (exact) mass is 181 g/mol. The summed E-state index contributed by atoms with van der Waals surface area (Å²) in [6.45, 7) is 0. The van der Waals surface area contributed by atoms with E-state index >= 15 is 0 Å². The van der Waals surface area contributed by atoms with Gasteiger partial charge in [0.1, 0.15) is 0 Å². The molecule has 0 saturated carbocycles. The number of hydrogen-bond donors (Lipinski definition) is 0. The fraction of sp³-hybridized carbons (Fsp3) is 0.333. The smallest absolute Gasteiger partial charge is 0.269 e. The molecule has 0 N–H and O–H groups in total. The number of nitrogens with zero attached hydrogens (tertiary/aromatic N) is 1. The van der Waals surface area contributed by atoms with Crippen molar-refractivity contribution in [2.45, 2.75) is 12.3 Å². The molecule has 0 aromatic rings. The number of dihydropyridines is 1. The SMILES string of the molecule is O=C1N=CC=C(C(F)(F)F)C1F. The van der Waals surface area contributed by atoms with Gasteiger partial charge in [-0.05, 0) is 6.08 Å². The molecule has 1 unspecified atom stereocenters. The number of halogens is 4. The van der Waals surface area contributed by atoms with Crippen molar-refractivity contribution in [3.63, 3.8) is 0 Å². The summed E-state index contributed by atoms with van der Waals surface area (Å²) in [7, 11) is 0. The summed E-state index contributed by atoms with van der Waals surface area (Å²) in [6, 6.07) is 0. The Kier molecular flexibility index (Phi) is 1.99. The van der Waals surface area contributed by atoms with Gasteiger partial charge in [-0.15, -0.1) is 0 Å². The average molecular weight is 181 g/mol. The maximum Gasteiger partial charge on any atom is 0.416 e. The highest BCUT2D eigenvalue weighted by Gasteiger charge is 2.42. The summed E-state index contributed by atoms with van der Waals surface area (Å²) >= 11 is 0. The number of allylic oxidation sites excluding steroid dienone is 1. The van der Waals surface area contributed by atoms with E-state index in [2.05, 4.69) is 4.99 Å². The largest absolute Gasteiger partial charge is 0.416 e. The van der Waals surface area contributed by atoms with Crippen LogP contribution in [0.4, 0.5) is 17.6 Å². The van der Waals surface area contributed by atoms with E-state index in [1.54, 1.807) is 0 Å². The van der Waals surface area contributed by atoms with Gasteiger partial charge in [0.2, 0.25) is 6.17 Å². The van der Waals surface area contributed by atoms with Crippen LogP contribution < -0.4 is 0 Å². The van der Waals surface area contributed by atoms with E-state index < -0.39 is 23.8 Å². The third kappa shape index (κ3) is 1.51. The van der Waals surface area contributed by atoms with Gasteiger partial charge in [0.05, 0.1) is 5.57 Å². The fourth-order valence-electron chi connectivity index (χ4n) is 0.712. The first-order valence-electron chi connectivity index (χ1n) is 2.92. The molecule has 1 heterocycles. The van der Waals surface area contributed by atoms with Gasteiger partial charge in [-0.1, -0.05) is 0 Å². The Morgan fingerprint density at radius 2 is 2.00 bits per heavy atom. The lowest BCUT2D eigenvalue weighted by Crippen LogP contribution is -2.29. The molecular formula is C6H3F4NO. The first-order valence-corrected chi connectivity index (χ1v) is 2.92. The van der Waals surface area contributed by atoms with Crippen LogP contribution >= 0.6 is 0 Å². The molecule has 1 atom stereocenters. The van der Waals surface area contributed by atoms with Gasteiger partial charge < -0.3 is 0 Å². The van der Waals surface area contributed by atoms with Crippen LogP contribution in [0.25, 0.3) is 0 Å². The zero-order chi connectivity index (χ0) is 9.35. The summed E-state index contributed by atoms with van der Waals surface area (Å²) in [5.74, 6) is -1.41. The van der Waals surface area contributed by atoms with E-state index in [1.165, 1.54) is 0 Å². The summed E-state index contributed by atoms with van der Waals surface area (Å²) in [6.07, 6.45) is -6.38. The lowest BCUT2D eigenvalue weighted by atomic mass is 10.1. The Balaban J connectivity index is 2.98. The molecule has 0 aromatic carbocycles. The van der Waals surface area contributed by atoms with Crippen LogP contribution in [0.5, 0.6) is 0 Å². The van der Waals surface area contributed by atoms with Gasteiger partial charge in [-0.3, -0.25) is 4.79 Å². The molecule has 0 aliphatic carbocycles. The first kappa shape index (κ1) is 8.89. The lowest BCUT2D eigenvalue weighted by Gasteiger charge is -2.14. The third-order valence-electron chi connectivity index (χ3n) is 1.27. The topological polar surface area (TPSA) is 29.4 Å². The summed E-state index contributed by atoms with van der Waals surface area (Å²) in [5.41, 5.74) is -1.50. The van der Waals surface area contributed by atoms with Crippen molar-refractivity contribution in [1.82, 2.24) is 0 Å². The molecule has 0 aromatic heterocycles. The van der Waals surface area contributed by atoms with Crippen molar-refractivity contribution in [3.8, 4) is 0 Å². The molecule has 0 saturated heterocycles. The van der Waals surface area contributed by atoms with Crippen LogP contribution in [0.1, 0.15) is 0 Å². The lowest BCUT2D eigenvalue weighted by molar-refractivity contribution is -0.129. The van der Waals surface area contributed by atoms with E-state index in [4.69, 9.17) is 0 Å². The Labute approximate surface area is 64.6 Å². The molecule has 1 aliphatic heterocycles. The molecule has 0 radical (unpaired) electrons. The number of rotatable bonds is 0.